The molecule has 1 aliphatic rings. The van der Waals surface area contributed by atoms with Gasteiger partial charge in [-0.15, -0.1) is 0 Å². The van der Waals surface area contributed by atoms with E-state index < -0.39 is 5.97 Å². The lowest BCUT2D eigenvalue weighted by atomic mass is 9.96. The molecule has 0 unspecified atom stereocenters. The first-order valence-electron chi connectivity index (χ1n) is 6.75. The van der Waals surface area contributed by atoms with E-state index in [1.165, 1.54) is 7.11 Å². The maximum atomic E-state index is 12.5. The van der Waals surface area contributed by atoms with E-state index in [1.54, 1.807) is 0 Å². The normalized spacial score (nSPS) is 12.4. The second-order valence-corrected chi connectivity index (χ2v) is 4.90. The topological polar surface area (TPSA) is 55.4 Å². The van der Waals surface area contributed by atoms with Crippen LogP contribution in [-0.4, -0.2) is 25.5 Å². The summed E-state index contributed by atoms with van der Waals surface area (Å²) >= 11 is 0. The van der Waals surface area contributed by atoms with E-state index in [4.69, 9.17) is 0 Å². The number of nitrogens with one attached hydrogen (secondary N) is 1. The molecule has 0 bridgehead atoms. The maximum absolute atomic E-state index is 12.5. The van der Waals surface area contributed by atoms with Crippen LogP contribution in [0.1, 0.15) is 17.0 Å². The van der Waals surface area contributed by atoms with Crippen LogP contribution in [0.4, 0.5) is 0 Å². The van der Waals surface area contributed by atoms with Gasteiger partial charge in [0.05, 0.1) is 13.0 Å². The summed E-state index contributed by atoms with van der Waals surface area (Å²) in [5.74, 6) is -1.01. The van der Waals surface area contributed by atoms with Gasteiger partial charge in [-0.3, -0.25) is 9.59 Å². The summed E-state index contributed by atoms with van der Waals surface area (Å²) in [7, 11) is 1.30. The van der Waals surface area contributed by atoms with Gasteiger partial charge in [0.1, 0.15) is 6.54 Å². The number of amides is 1. The van der Waals surface area contributed by atoms with Crippen molar-refractivity contribution in [3.05, 3.63) is 59.7 Å². The Balaban J connectivity index is 1.95. The molecule has 0 saturated heterocycles. The Hall–Kier alpha value is -2.62. The van der Waals surface area contributed by atoms with Crippen LogP contribution in [-0.2, 0) is 14.3 Å². The van der Waals surface area contributed by atoms with Gasteiger partial charge in [0.15, 0.2) is 0 Å². The zero-order chi connectivity index (χ0) is 14.8. The van der Waals surface area contributed by atoms with Crippen molar-refractivity contribution < 1.29 is 14.3 Å². The minimum atomic E-state index is -0.456. The van der Waals surface area contributed by atoms with Crippen molar-refractivity contribution >= 4 is 11.9 Å². The molecule has 0 aliphatic heterocycles. The molecule has 0 atom stereocenters. The van der Waals surface area contributed by atoms with Crippen molar-refractivity contribution in [1.82, 2.24) is 5.32 Å². The summed E-state index contributed by atoms with van der Waals surface area (Å²) in [5, 5.41) is 2.64. The van der Waals surface area contributed by atoms with Crippen molar-refractivity contribution in [3.63, 3.8) is 0 Å². The van der Waals surface area contributed by atoms with Gasteiger partial charge in [-0.2, -0.15) is 0 Å². The summed E-state index contributed by atoms with van der Waals surface area (Å²) < 4.78 is 4.55. The molecule has 106 valence electrons. The van der Waals surface area contributed by atoms with Crippen LogP contribution in [0.3, 0.4) is 0 Å². The summed E-state index contributed by atoms with van der Waals surface area (Å²) in [4.78, 5) is 23.7. The molecule has 1 aliphatic carbocycles. The highest BCUT2D eigenvalue weighted by Gasteiger charge is 2.33. The fourth-order valence-electron chi connectivity index (χ4n) is 2.77. The first-order chi connectivity index (χ1) is 10.2. The van der Waals surface area contributed by atoms with E-state index in [0.717, 1.165) is 22.3 Å². The van der Waals surface area contributed by atoms with Gasteiger partial charge < -0.3 is 10.1 Å². The van der Waals surface area contributed by atoms with E-state index in [-0.39, 0.29) is 18.4 Å². The number of carbonyl (C=O) groups excluding carboxylic acids is 2. The van der Waals surface area contributed by atoms with Crippen LogP contribution < -0.4 is 5.32 Å². The SMILES string of the molecule is COC(=O)CNC(=O)C1c2ccccc2-c2ccccc21. The van der Waals surface area contributed by atoms with Crippen molar-refractivity contribution in [2.24, 2.45) is 0 Å². The minimum Gasteiger partial charge on any atom is -0.468 e. The molecule has 3 rings (SSSR count). The highest BCUT2D eigenvalue weighted by atomic mass is 16.5. The predicted molar refractivity (Wildman–Crippen MR) is 78.7 cm³/mol. The second-order valence-electron chi connectivity index (χ2n) is 4.90. The van der Waals surface area contributed by atoms with Crippen molar-refractivity contribution in [2.45, 2.75) is 5.92 Å². The Morgan fingerprint density at radius 3 is 2.05 bits per heavy atom. The Kier molecular flexibility index (Phi) is 3.44. The molecule has 0 heterocycles. The molecule has 4 nitrogen and oxygen atoms in total. The number of carbonyl (C=O) groups is 2. The summed E-state index contributed by atoms with van der Waals surface area (Å²) in [6, 6.07) is 15.7. The van der Waals surface area contributed by atoms with Crippen LogP contribution >= 0.6 is 0 Å². The van der Waals surface area contributed by atoms with Crippen LogP contribution in [0.5, 0.6) is 0 Å². The number of methoxy groups -OCH3 is 1. The molecule has 4 heteroatoms. The minimum absolute atomic E-state index is 0.115. The number of hydrogen-bond donors (Lipinski definition) is 1. The Labute approximate surface area is 122 Å². The molecule has 0 radical (unpaired) electrons. The van der Waals surface area contributed by atoms with E-state index in [0.29, 0.717) is 0 Å². The van der Waals surface area contributed by atoms with Gasteiger partial charge in [-0.05, 0) is 22.3 Å². The third kappa shape index (κ3) is 2.29. The quantitative estimate of drug-likeness (QED) is 0.876. The average Bonchev–Trinajstić information content (AvgIpc) is 2.87. The van der Waals surface area contributed by atoms with E-state index in [1.807, 2.05) is 48.5 Å². The monoisotopic (exact) mass is 281 g/mol. The molecule has 21 heavy (non-hydrogen) atoms. The molecular weight excluding hydrogens is 266 g/mol. The molecular formula is C17H15NO3. The molecule has 2 aromatic rings. The van der Waals surface area contributed by atoms with Crippen molar-refractivity contribution in [1.29, 1.82) is 0 Å². The number of benzene rings is 2. The number of hydrogen-bond acceptors (Lipinski definition) is 3. The fraction of sp³-hybridized carbons (Fsp3) is 0.176. The number of rotatable bonds is 3. The lowest BCUT2D eigenvalue weighted by molar-refractivity contribution is -0.141. The predicted octanol–water partition coefficient (Wildman–Crippen LogP) is 2.09. The molecule has 0 fully saturated rings. The Bertz CT molecular complexity index is 663. The number of ether oxygens (including phenoxy) is 1. The molecule has 1 N–H and O–H groups in total. The molecule has 2 aromatic carbocycles. The third-order valence-electron chi connectivity index (χ3n) is 3.73. The molecule has 0 saturated carbocycles. The lowest BCUT2D eigenvalue weighted by Crippen LogP contribution is -2.33. The Morgan fingerprint density at radius 2 is 1.52 bits per heavy atom. The average molecular weight is 281 g/mol. The lowest BCUT2D eigenvalue weighted by Gasteiger charge is -2.13. The zero-order valence-corrected chi connectivity index (χ0v) is 11.6. The highest BCUT2D eigenvalue weighted by Crippen LogP contribution is 2.44. The number of esters is 1. The third-order valence-corrected chi connectivity index (χ3v) is 3.73. The molecule has 1 amide bonds. The number of fused-ring (bicyclic) bond motifs is 3. The van der Waals surface area contributed by atoms with Gasteiger partial charge in [0.25, 0.3) is 0 Å². The summed E-state index contributed by atoms with van der Waals surface area (Å²) in [5.41, 5.74) is 4.10. The standard InChI is InChI=1S/C17H15NO3/c1-21-15(19)10-18-17(20)16-13-8-4-2-6-11(13)12-7-3-5-9-14(12)16/h2-9,16H,10H2,1H3,(H,18,20). The van der Waals surface area contributed by atoms with Gasteiger partial charge in [0.2, 0.25) is 5.91 Å². The largest absolute Gasteiger partial charge is 0.468 e. The summed E-state index contributed by atoms with van der Waals surface area (Å²) in [6.07, 6.45) is 0. The molecule has 0 spiro atoms. The Morgan fingerprint density at radius 1 is 1.00 bits per heavy atom. The van der Waals surface area contributed by atoms with Gasteiger partial charge in [0, 0.05) is 0 Å². The van der Waals surface area contributed by atoms with Crippen molar-refractivity contribution in [3.8, 4) is 11.1 Å². The summed E-state index contributed by atoms with van der Waals surface area (Å²) in [6.45, 7) is -0.115. The van der Waals surface area contributed by atoms with E-state index in [2.05, 4.69) is 10.1 Å². The second kappa shape index (κ2) is 5.40. The molecule has 0 aromatic heterocycles. The fourth-order valence-corrected chi connectivity index (χ4v) is 2.77. The first-order valence-corrected chi connectivity index (χ1v) is 6.75. The van der Waals surface area contributed by atoms with Gasteiger partial charge in [-0.25, -0.2) is 0 Å². The van der Waals surface area contributed by atoms with Crippen LogP contribution in [0.2, 0.25) is 0 Å². The maximum Gasteiger partial charge on any atom is 0.325 e. The zero-order valence-electron chi connectivity index (χ0n) is 11.6. The van der Waals surface area contributed by atoms with E-state index >= 15 is 0 Å². The van der Waals surface area contributed by atoms with E-state index in [9.17, 15) is 9.59 Å². The first kappa shape index (κ1) is 13.4. The highest BCUT2D eigenvalue weighted by molar-refractivity contribution is 5.97. The van der Waals surface area contributed by atoms with Gasteiger partial charge in [-0.1, -0.05) is 48.5 Å². The van der Waals surface area contributed by atoms with Crippen LogP contribution in [0.25, 0.3) is 11.1 Å². The van der Waals surface area contributed by atoms with Crippen molar-refractivity contribution in [2.75, 3.05) is 13.7 Å². The van der Waals surface area contributed by atoms with Crippen LogP contribution in [0, 0.1) is 0 Å². The van der Waals surface area contributed by atoms with Crippen LogP contribution in [0.15, 0.2) is 48.5 Å². The smallest absolute Gasteiger partial charge is 0.325 e. The van der Waals surface area contributed by atoms with Gasteiger partial charge >= 0.3 is 5.97 Å².